The Bertz CT molecular complexity index is 459. The van der Waals surface area contributed by atoms with Gasteiger partial charge in [0.15, 0.2) is 5.82 Å². The van der Waals surface area contributed by atoms with Crippen molar-refractivity contribution in [1.29, 1.82) is 0 Å². The summed E-state index contributed by atoms with van der Waals surface area (Å²) in [7, 11) is 0. The molecule has 2 aromatic heterocycles. The quantitative estimate of drug-likeness (QED) is 0.810. The van der Waals surface area contributed by atoms with Crippen LogP contribution < -0.4 is 5.73 Å². The number of rotatable bonds is 2. The molecule has 0 unspecified atom stereocenters. The summed E-state index contributed by atoms with van der Waals surface area (Å²) in [5.41, 5.74) is 7.61. The third kappa shape index (κ3) is 1.70. The molecule has 0 saturated heterocycles. The van der Waals surface area contributed by atoms with Gasteiger partial charge in [0, 0.05) is 18.1 Å². The summed E-state index contributed by atoms with van der Waals surface area (Å²) in [5.74, 6) is 1.10. The molecule has 0 atom stereocenters. The zero-order valence-corrected chi connectivity index (χ0v) is 8.88. The van der Waals surface area contributed by atoms with Gasteiger partial charge in [0.2, 0.25) is 0 Å². The highest BCUT2D eigenvalue weighted by atomic mass is 15.3. The number of hydrogen-bond donors (Lipinski definition) is 1. The van der Waals surface area contributed by atoms with E-state index in [0.29, 0.717) is 17.4 Å². The predicted octanol–water partition coefficient (Wildman–Crippen LogP) is 1.97. The minimum absolute atomic E-state index is 0.397. The maximum Gasteiger partial charge on any atom is 0.176 e. The summed E-state index contributed by atoms with van der Waals surface area (Å²) < 4.78 is 1.79. The van der Waals surface area contributed by atoms with Gasteiger partial charge in [-0.15, -0.1) is 0 Å². The van der Waals surface area contributed by atoms with Crippen LogP contribution in [0.15, 0.2) is 30.6 Å². The molecule has 78 valence electrons. The van der Waals surface area contributed by atoms with Crippen molar-refractivity contribution in [3.05, 3.63) is 36.3 Å². The van der Waals surface area contributed by atoms with E-state index in [9.17, 15) is 0 Å². The Morgan fingerprint density at radius 3 is 2.73 bits per heavy atom. The van der Waals surface area contributed by atoms with Gasteiger partial charge in [-0.1, -0.05) is 13.8 Å². The smallest absolute Gasteiger partial charge is 0.176 e. The van der Waals surface area contributed by atoms with Gasteiger partial charge in [0.1, 0.15) is 0 Å². The standard InChI is InChI=1S/C11H14N4/c1-8(2)10-5-7-14-15(10)11-9(12)4-3-6-13-11/h3-8H,12H2,1-2H3. The van der Waals surface area contributed by atoms with E-state index in [1.807, 2.05) is 18.2 Å². The lowest BCUT2D eigenvalue weighted by Crippen LogP contribution is -2.08. The average molecular weight is 202 g/mol. The van der Waals surface area contributed by atoms with Crippen LogP contribution in [0.3, 0.4) is 0 Å². The van der Waals surface area contributed by atoms with Crippen LogP contribution in [0.1, 0.15) is 25.5 Å². The van der Waals surface area contributed by atoms with Crippen molar-refractivity contribution < 1.29 is 0 Å². The number of hydrogen-bond acceptors (Lipinski definition) is 3. The SMILES string of the molecule is CC(C)c1ccnn1-c1ncccc1N. The molecular formula is C11H14N4. The zero-order chi connectivity index (χ0) is 10.8. The Hall–Kier alpha value is -1.84. The van der Waals surface area contributed by atoms with E-state index in [2.05, 4.69) is 23.9 Å². The fourth-order valence-electron chi connectivity index (χ4n) is 1.51. The molecule has 0 amide bonds. The van der Waals surface area contributed by atoms with Crippen molar-refractivity contribution in [1.82, 2.24) is 14.8 Å². The van der Waals surface area contributed by atoms with Crippen LogP contribution in [-0.2, 0) is 0 Å². The first-order valence-electron chi connectivity index (χ1n) is 4.95. The molecule has 0 spiro atoms. The number of nitrogens with zero attached hydrogens (tertiary/aromatic N) is 3. The number of nitrogen functional groups attached to an aromatic ring is 1. The number of anilines is 1. The second kappa shape index (κ2) is 3.73. The molecule has 0 aliphatic rings. The lowest BCUT2D eigenvalue weighted by molar-refractivity contribution is 0.722. The maximum atomic E-state index is 5.86. The molecule has 0 saturated carbocycles. The van der Waals surface area contributed by atoms with Crippen LogP contribution in [-0.4, -0.2) is 14.8 Å². The van der Waals surface area contributed by atoms with Crippen molar-refractivity contribution in [3.63, 3.8) is 0 Å². The van der Waals surface area contributed by atoms with Crippen LogP contribution in [0.2, 0.25) is 0 Å². The molecule has 2 aromatic rings. The van der Waals surface area contributed by atoms with E-state index in [-0.39, 0.29) is 0 Å². The highest BCUT2D eigenvalue weighted by Crippen LogP contribution is 2.20. The van der Waals surface area contributed by atoms with Gasteiger partial charge in [0.05, 0.1) is 5.69 Å². The van der Waals surface area contributed by atoms with Crippen LogP contribution in [0.4, 0.5) is 5.69 Å². The van der Waals surface area contributed by atoms with Gasteiger partial charge in [-0.3, -0.25) is 0 Å². The first-order valence-corrected chi connectivity index (χ1v) is 4.95. The van der Waals surface area contributed by atoms with E-state index in [0.717, 1.165) is 5.69 Å². The van der Waals surface area contributed by atoms with Gasteiger partial charge in [0.25, 0.3) is 0 Å². The Kier molecular flexibility index (Phi) is 2.41. The number of pyridine rings is 1. The first kappa shape index (κ1) is 9.71. The summed E-state index contributed by atoms with van der Waals surface area (Å²) in [4.78, 5) is 4.24. The van der Waals surface area contributed by atoms with Gasteiger partial charge >= 0.3 is 0 Å². The lowest BCUT2D eigenvalue weighted by Gasteiger charge is -2.10. The maximum absolute atomic E-state index is 5.86. The molecule has 15 heavy (non-hydrogen) atoms. The molecular weight excluding hydrogens is 188 g/mol. The third-order valence-electron chi connectivity index (χ3n) is 2.28. The molecule has 2 N–H and O–H groups in total. The molecule has 2 rings (SSSR count). The third-order valence-corrected chi connectivity index (χ3v) is 2.28. The minimum atomic E-state index is 0.397. The Morgan fingerprint density at radius 1 is 1.27 bits per heavy atom. The molecule has 0 fully saturated rings. The second-order valence-electron chi connectivity index (χ2n) is 3.74. The Morgan fingerprint density at radius 2 is 2.07 bits per heavy atom. The summed E-state index contributed by atoms with van der Waals surface area (Å²) in [5, 5.41) is 4.24. The number of nitrogens with two attached hydrogens (primary N) is 1. The highest BCUT2D eigenvalue weighted by Gasteiger charge is 2.10. The molecule has 0 radical (unpaired) electrons. The molecule has 0 aromatic carbocycles. The van der Waals surface area contributed by atoms with Crippen molar-refractivity contribution in [2.45, 2.75) is 19.8 Å². The minimum Gasteiger partial charge on any atom is -0.396 e. The summed E-state index contributed by atoms with van der Waals surface area (Å²) in [6.45, 7) is 4.24. The summed E-state index contributed by atoms with van der Waals surface area (Å²) in [6, 6.07) is 5.63. The Labute approximate surface area is 88.8 Å². The molecule has 4 nitrogen and oxygen atoms in total. The highest BCUT2D eigenvalue weighted by molar-refractivity contribution is 5.52. The first-order chi connectivity index (χ1) is 7.20. The topological polar surface area (TPSA) is 56.7 Å². The molecule has 4 heteroatoms. The van der Waals surface area contributed by atoms with E-state index < -0.39 is 0 Å². The second-order valence-corrected chi connectivity index (χ2v) is 3.74. The predicted molar refractivity (Wildman–Crippen MR) is 59.9 cm³/mol. The fraction of sp³-hybridized carbons (Fsp3) is 0.273. The van der Waals surface area contributed by atoms with E-state index in [4.69, 9.17) is 5.73 Å². The van der Waals surface area contributed by atoms with Crippen LogP contribution in [0, 0.1) is 0 Å². The number of aromatic nitrogens is 3. The summed E-state index contributed by atoms with van der Waals surface area (Å²) in [6.07, 6.45) is 3.49. The molecule has 2 heterocycles. The zero-order valence-electron chi connectivity index (χ0n) is 8.88. The van der Waals surface area contributed by atoms with E-state index >= 15 is 0 Å². The normalized spacial score (nSPS) is 10.9. The van der Waals surface area contributed by atoms with Gasteiger partial charge in [-0.25, -0.2) is 9.67 Å². The van der Waals surface area contributed by atoms with Crippen LogP contribution in [0.5, 0.6) is 0 Å². The van der Waals surface area contributed by atoms with Gasteiger partial charge in [-0.2, -0.15) is 5.10 Å². The molecule has 0 aliphatic heterocycles. The average Bonchev–Trinajstić information content (AvgIpc) is 2.67. The van der Waals surface area contributed by atoms with Gasteiger partial charge < -0.3 is 5.73 Å². The van der Waals surface area contributed by atoms with Crippen molar-refractivity contribution in [3.8, 4) is 5.82 Å². The molecule has 0 aliphatic carbocycles. The fourth-order valence-corrected chi connectivity index (χ4v) is 1.51. The van der Waals surface area contributed by atoms with Crippen molar-refractivity contribution >= 4 is 5.69 Å². The monoisotopic (exact) mass is 202 g/mol. The largest absolute Gasteiger partial charge is 0.396 e. The van der Waals surface area contributed by atoms with Gasteiger partial charge in [-0.05, 0) is 24.1 Å². The van der Waals surface area contributed by atoms with E-state index in [1.165, 1.54) is 0 Å². The van der Waals surface area contributed by atoms with Crippen molar-refractivity contribution in [2.75, 3.05) is 5.73 Å². The van der Waals surface area contributed by atoms with Crippen molar-refractivity contribution in [2.24, 2.45) is 0 Å². The molecule has 0 bridgehead atoms. The van der Waals surface area contributed by atoms with Crippen LogP contribution >= 0.6 is 0 Å². The summed E-state index contributed by atoms with van der Waals surface area (Å²) >= 11 is 0. The Balaban J connectivity index is 2.55. The van der Waals surface area contributed by atoms with Crippen LogP contribution in [0.25, 0.3) is 5.82 Å². The lowest BCUT2D eigenvalue weighted by atomic mass is 10.1. The van der Waals surface area contributed by atoms with E-state index in [1.54, 1.807) is 17.1 Å².